The van der Waals surface area contributed by atoms with Crippen molar-refractivity contribution in [2.24, 2.45) is 0 Å². The van der Waals surface area contributed by atoms with Crippen LogP contribution in [0, 0.1) is 17.1 Å². The first-order valence-corrected chi connectivity index (χ1v) is 7.09. The maximum Gasteiger partial charge on any atom is 0.141 e. The Labute approximate surface area is 127 Å². The molecule has 2 atom stereocenters. The zero-order chi connectivity index (χ0) is 15.0. The lowest BCUT2D eigenvalue weighted by Gasteiger charge is -2.29. The van der Waals surface area contributed by atoms with Crippen LogP contribution in [-0.2, 0) is 11.8 Å². The number of nitriles is 1. The summed E-state index contributed by atoms with van der Waals surface area (Å²) in [6, 6.07) is 14.0. The van der Waals surface area contributed by atoms with Crippen LogP contribution in [0.3, 0.4) is 0 Å². The van der Waals surface area contributed by atoms with Crippen molar-refractivity contribution < 1.29 is 9.50 Å². The van der Waals surface area contributed by atoms with Crippen LogP contribution < -0.4 is 0 Å². The number of rotatable bonds is 2. The zero-order valence-corrected chi connectivity index (χ0v) is 11.9. The number of nitrogens with zero attached hydrogens (tertiary/aromatic N) is 1. The first kappa shape index (κ1) is 14.1. The Morgan fingerprint density at radius 1 is 1.29 bits per heavy atom. The highest BCUT2D eigenvalue weighted by Gasteiger charge is 2.45. The first-order valence-electron chi connectivity index (χ1n) is 6.71. The molecule has 1 aliphatic rings. The van der Waals surface area contributed by atoms with Crippen LogP contribution in [0.1, 0.15) is 29.2 Å². The van der Waals surface area contributed by atoms with Crippen molar-refractivity contribution in [2.75, 3.05) is 0 Å². The Hall–Kier alpha value is -1.89. The Bertz CT molecular complexity index is 740. The van der Waals surface area contributed by atoms with Crippen molar-refractivity contribution in [3.8, 4) is 6.07 Å². The second-order valence-electron chi connectivity index (χ2n) is 5.32. The van der Waals surface area contributed by atoms with Crippen molar-refractivity contribution in [2.45, 2.75) is 24.4 Å². The number of aliphatic hydroxyl groups is 1. The summed E-state index contributed by atoms with van der Waals surface area (Å²) < 4.78 is 13.3. The topological polar surface area (TPSA) is 44.0 Å². The lowest BCUT2D eigenvalue weighted by molar-refractivity contribution is 0.111. The molecule has 0 bridgehead atoms. The average Bonchev–Trinajstić information content (AvgIpc) is 2.89. The van der Waals surface area contributed by atoms with Gasteiger partial charge in [-0.1, -0.05) is 41.9 Å². The SMILES string of the molecule is N#CC1(C(O)c2ccc(F)c(Cl)c2)CCc2ccccc21. The van der Waals surface area contributed by atoms with Gasteiger partial charge in [0.2, 0.25) is 0 Å². The van der Waals surface area contributed by atoms with E-state index in [9.17, 15) is 14.8 Å². The van der Waals surface area contributed by atoms with E-state index in [2.05, 4.69) is 6.07 Å². The van der Waals surface area contributed by atoms with Crippen molar-refractivity contribution in [1.82, 2.24) is 0 Å². The molecule has 0 spiro atoms. The third-order valence-corrected chi connectivity index (χ3v) is 4.50. The maximum atomic E-state index is 13.3. The van der Waals surface area contributed by atoms with Crippen molar-refractivity contribution in [3.05, 3.63) is 70.0 Å². The summed E-state index contributed by atoms with van der Waals surface area (Å²) in [6.07, 6.45) is 0.249. The lowest BCUT2D eigenvalue weighted by atomic mass is 9.75. The normalized spacial score (nSPS) is 21.6. The molecule has 3 rings (SSSR count). The molecule has 0 saturated carbocycles. The molecular formula is C17H13ClFNO. The molecular weight excluding hydrogens is 289 g/mol. The number of halogens is 2. The van der Waals surface area contributed by atoms with Crippen LogP contribution in [-0.4, -0.2) is 5.11 Å². The van der Waals surface area contributed by atoms with Gasteiger partial charge in [-0.15, -0.1) is 0 Å². The van der Waals surface area contributed by atoms with E-state index in [4.69, 9.17) is 11.6 Å². The first-order chi connectivity index (χ1) is 10.1. The fourth-order valence-corrected chi connectivity index (χ4v) is 3.26. The van der Waals surface area contributed by atoms with Gasteiger partial charge in [-0.25, -0.2) is 4.39 Å². The quantitative estimate of drug-likeness (QED) is 0.913. The maximum absolute atomic E-state index is 13.3. The molecule has 4 heteroatoms. The summed E-state index contributed by atoms with van der Waals surface area (Å²) in [5, 5.41) is 20.4. The molecule has 1 aliphatic carbocycles. The van der Waals surface area contributed by atoms with E-state index in [1.165, 1.54) is 18.2 Å². The van der Waals surface area contributed by atoms with E-state index in [0.29, 0.717) is 12.0 Å². The zero-order valence-electron chi connectivity index (χ0n) is 11.2. The molecule has 2 aromatic rings. The van der Waals surface area contributed by atoms with Crippen LogP contribution in [0.4, 0.5) is 4.39 Å². The van der Waals surface area contributed by atoms with Crippen LogP contribution >= 0.6 is 11.6 Å². The Morgan fingerprint density at radius 3 is 2.76 bits per heavy atom. The average molecular weight is 302 g/mol. The highest BCUT2D eigenvalue weighted by molar-refractivity contribution is 6.30. The molecule has 0 aliphatic heterocycles. The van der Waals surface area contributed by atoms with E-state index in [0.717, 1.165) is 17.5 Å². The third-order valence-electron chi connectivity index (χ3n) is 4.21. The number of aliphatic hydroxyl groups excluding tert-OH is 1. The standard InChI is InChI=1S/C17H13ClFNO/c18-14-9-12(5-6-15(14)19)16(21)17(10-20)8-7-11-3-1-2-4-13(11)17/h1-6,9,16,21H,7-8H2. The number of hydrogen-bond donors (Lipinski definition) is 1. The van der Waals surface area contributed by atoms with Gasteiger partial charge in [-0.2, -0.15) is 5.26 Å². The minimum atomic E-state index is -1.04. The number of aryl methyl sites for hydroxylation is 1. The van der Waals surface area contributed by atoms with Gasteiger partial charge in [0.15, 0.2) is 0 Å². The molecule has 2 unspecified atom stereocenters. The van der Waals surface area contributed by atoms with Gasteiger partial charge < -0.3 is 5.11 Å². The predicted molar refractivity (Wildman–Crippen MR) is 78.4 cm³/mol. The van der Waals surface area contributed by atoms with E-state index >= 15 is 0 Å². The molecule has 0 aromatic heterocycles. The van der Waals surface area contributed by atoms with Gasteiger partial charge >= 0.3 is 0 Å². The third kappa shape index (κ3) is 2.12. The molecule has 0 radical (unpaired) electrons. The minimum Gasteiger partial charge on any atom is -0.386 e. The molecule has 0 amide bonds. The largest absolute Gasteiger partial charge is 0.386 e. The van der Waals surface area contributed by atoms with Gasteiger partial charge in [0.1, 0.15) is 17.3 Å². The lowest BCUT2D eigenvalue weighted by Crippen LogP contribution is -2.29. The number of fused-ring (bicyclic) bond motifs is 1. The smallest absolute Gasteiger partial charge is 0.141 e. The Balaban J connectivity index is 2.09. The molecule has 0 fully saturated rings. The minimum absolute atomic E-state index is 0.0501. The molecule has 2 nitrogen and oxygen atoms in total. The van der Waals surface area contributed by atoms with Gasteiger partial charge in [0, 0.05) is 0 Å². The van der Waals surface area contributed by atoms with E-state index in [-0.39, 0.29) is 5.02 Å². The van der Waals surface area contributed by atoms with Crippen LogP contribution in [0.2, 0.25) is 5.02 Å². The van der Waals surface area contributed by atoms with E-state index in [1.807, 2.05) is 24.3 Å². The fraction of sp³-hybridized carbons (Fsp3) is 0.235. The molecule has 106 valence electrons. The summed E-state index contributed by atoms with van der Waals surface area (Å²) in [5.41, 5.74) is 1.38. The summed E-state index contributed by atoms with van der Waals surface area (Å²) >= 11 is 5.78. The molecule has 1 N–H and O–H groups in total. The molecule has 21 heavy (non-hydrogen) atoms. The Kier molecular flexibility index (Phi) is 3.44. The van der Waals surface area contributed by atoms with Gasteiger partial charge in [0.25, 0.3) is 0 Å². The van der Waals surface area contributed by atoms with Crippen LogP contribution in [0.15, 0.2) is 42.5 Å². The monoisotopic (exact) mass is 301 g/mol. The van der Waals surface area contributed by atoms with Crippen molar-refractivity contribution in [1.29, 1.82) is 5.26 Å². The van der Waals surface area contributed by atoms with Gasteiger partial charge in [-0.3, -0.25) is 0 Å². The van der Waals surface area contributed by atoms with Crippen LogP contribution in [0.5, 0.6) is 0 Å². The van der Waals surface area contributed by atoms with Gasteiger partial charge in [-0.05, 0) is 41.7 Å². The van der Waals surface area contributed by atoms with Crippen LogP contribution in [0.25, 0.3) is 0 Å². The summed E-state index contributed by atoms with van der Waals surface area (Å²) in [6.45, 7) is 0. The highest BCUT2D eigenvalue weighted by atomic mass is 35.5. The molecule has 0 heterocycles. The molecule has 0 saturated heterocycles. The Morgan fingerprint density at radius 2 is 2.05 bits per heavy atom. The van der Waals surface area contributed by atoms with Crippen molar-refractivity contribution >= 4 is 11.6 Å². The summed E-state index contributed by atoms with van der Waals surface area (Å²) in [5.74, 6) is -0.537. The second kappa shape index (κ2) is 5.14. The predicted octanol–water partition coefficient (Wildman–Crippen LogP) is 3.92. The fourth-order valence-electron chi connectivity index (χ4n) is 3.07. The molecule has 2 aromatic carbocycles. The van der Waals surface area contributed by atoms with E-state index in [1.54, 1.807) is 0 Å². The number of benzene rings is 2. The van der Waals surface area contributed by atoms with Gasteiger partial charge in [0.05, 0.1) is 11.1 Å². The summed E-state index contributed by atoms with van der Waals surface area (Å²) in [7, 11) is 0. The number of hydrogen-bond acceptors (Lipinski definition) is 2. The highest BCUT2D eigenvalue weighted by Crippen LogP contribution is 2.47. The summed E-state index contributed by atoms with van der Waals surface area (Å²) in [4.78, 5) is 0. The second-order valence-corrected chi connectivity index (χ2v) is 5.72. The van der Waals surface area contributed by atoms with E-state index < -0.39 is 17.3 Å². The van der Waals surface area contributed by atoms with Crippen molar-refractivity contribution in [3.63, 3.8) is 0 Å².